The number of carboxylic acid groups (broad SMARTS) is 1. The van der Waals surface area contributed by atoms with Crippen molar-refractivity contribution in [3.63, 3.8) is 0 Å². The highest BCUT2D eigenvalue weighted by Gasteiger charge is 2.41. The average molecular weight is 282 g/mol. The van der Waals surface area contributed by atoms with Gasteiger partial charge in [-0.05, 0) is 38.5 Å². The van der Waals surface area contributed by atoms with Crippen LogP contribution in [-0.2, 0) is 4.79 Å². The molecular formula is C15H20ClNO2. The predicted octanol–water partition coefficient (Wildman–Crippen LogP) is 3.24. The molecule has 1 aromatic carbocycles. The van der Waals surface area contributed by atoms with E-state index < -0.39 is 5.97 Å². The summed E-state index contributed by atoms with van der Waals surface area (Å²) in [6, 6.07) is 7.54. The van der Waals surface area contributed by atoms with Crippen LogP contribution in [0.25, 0.3) is 0 Å². The Morgan fingerprint density at radius 2 is 1.84 bits per heavy atom. The Hall–Kier alpha value is -1.06. The lowest BCUT2D eigenvalue weighted by Gasteiger charge is -2.31. The molecular weight excluding hydrogens is 262 g/mol. The molecule has 19 heavy (non-hydrogen) atoms. The van der Waals surface area contributed by atoms with Crippen LogP contribution in [0.5, 0.6) is 0 Å². The second-order valence-electron chi connectivity index (χ2n) is 6.18. The van der Waals surface area contributed by atoms with Gasteiger partial charge in [0.25, 0.3) is 0 Å². The fraction of sp³-hybridized carbons (Fsp3) is 0.533. The van der Waals surface area contributed by atoms with Gasteiger partial charge in [0.15, 0.2) is 0 Å². The Morgan fingerprint density at radius 3 is 2.32 bits per heavy atom. The van der Waals surface area contributed by atoms with E-state index in [0.717, 1.165) is 12.1 Å². The van der Waals surface area contributed by atoms with Crippen molar-refractivity contribution in [1.82, 2.24) is 4.90 Å². The molecule has 3 nitrogen and oxygen atoms in total. The molecule has 2 atom stereocenters. The predicted molar refractivity (Wildman–Crippen MR) is 76.6 cm³/mol. The lowest BCUT2D eigenvalue weighted by molar-refractivity contribution is -0.141. The number of hydrogen-bond acceptors (Lipinski definition) is 2. The SMILES string of the molecule is CC(C)(C)N1C[C@H](c2ccc(Cl)cc2)[C@H](C(=O)O)C1. The van der Waals surface area contributed by atoms with Crippen LogP contribution in [0, 0.1) is 5.92 Å². The van der Waals surface area contributed by atoms with Crippen LogP contribution >= 0.6 is 11.6 Å². The van der Waals surface area contributed by atoms with Crippen molar-refractivity contribution < 1.29 is 9.90 Å². The molecule has 4 heteroatoms. The first kappa shape index (κ1) is 14.4. The van der Waals surface area contributed by atoms with Gasteiger partial charge >= 0.3 is 5.97 Å². The number of rotatable bonds is 2. The molecule has 0 radical (unpaired) electrons. The van der Waals surface area contributed by atoms with E-state index in [4.69, 9.17) is 11.6 Å². The minimum absolute atomic E-state index is 0.00508. The Kier molecular flexibility index (Phi) is 3.88. The molecule has 0 bridgehead atoms. The summed E-state index contributed by atoms with van der Waals surface area (Å²) in [6.07, 6.45) is 0. The largest absolute Gasteiger partial charge is 0.481 e. The highest BCUT2D eigenvalue weighted by Crippen LogP contribution is 2.36. The van der Waals surface area contributed by atoms with Crippen molar-refractivity contribution in [3.8, 4) is 0 Å². The number of hydrogen-bond donors (Lipinski definition) is 1. The molecule has 1 aromatic rings. The molecule has 0 spiro atoms. The molecule has 1 fully saturated rings. The summed E-state index contributed by atoms with van der Waals surface area (Å²) in [5.41, 5.74) is 1.05. The summed E-state index contributed by atoms with van der Waals surface area (Å²) < 4.78 is 0. The molecule has 1 aliphatic heterocycles. The van der Waals surface area contributed by atoms with Crippen molar-refractivity contribution in [1.29, 1.82) is 0 Å². The van der Waals surface area contributed by atoms with Crippen molar-refractivity contribution in [2.45, 2.75) is 32.2 Å². The Balaban J connectivity index is 2.27. The van der Waals surface area contributed by atoms with Crippen LogP contribution in [0.15, 0.2) is 24.3 Å². The van der Waals surface area contributed by atoms with Gasteiger partial charge < -0.3 is 5.11 Å². The molecule has 0 aliphatic carbocycles. The summed E-state index contributed by atoms with van der Waals surface area (Å²) in [7, 11) is 0. The molecule has 0 aromatic heterocycles. The molecule has 1 saturated heterocycles. The first-order valence-electron chi connectivity index (χ1n) is 6.52. The molecule has 1 aliphatic rings. The summed E-state index contributed by atoms with van der Waals surface area (Å²) in [5, 5.41) is 10.1. The van der Waals surface area contributed by atoms with E-state index in [2.05, 4.69) is 25.7 Å². The lowest BCUT2D eigenvalue weighted by Crippen LogP contribution is -2.40. The standard InChI is InChI=1S/C15H20ClNO2/c1-15(2,3)17-8-12(13(9-17)14(18)19)10-4-6-11(16)7-5-10/h4-7,12-13H,8-9H2,1-3H3,(H,18,19)/t12-,13-/m1/s1. The number of benzene rings is 1. The third-order valence-corrected chi connectivity index (χ3v) is 4.14. The van der Waals surface area contributed by atoms with E-state index in [-0.39, 0.29) is 17.4 Å². The van der Waals surface area contributed by atoms with Gasteiger partial charge in [0.1, 0.15) is 0 Å². The number of likely N-dealkylation sites (tertiary alicyclic amines) is 1. The summed E-state index contributed by atoms with van der Waals surface area (Å²) in [4.78, 5) is 13.7. The number of carbonyl (C=O) groups is 1. The van der Waals surface area contributed by atoms with E-state index in [9.17, 15) is 9.90 Å². The monoisotopic (exact) mass is 281 g/mol. The fourth-order valence-electron chi connectivity index (χ4n) is 2.65. The summed E-state index contributed by atoms with van der Waals surface area (Å²) in [5.74, 6) is -1.03. The molecule has 0 unspecified atom stereocenters. The molecule has 0 amide bonds. The third-order valence-electron chi connectivity index (χ3n) is 3.88. The zero-order valence-electron chi connectivity index (χ0n) is 11.6. The zero-order chi connectivity index (χ0) is 14.2. The first-order chi connectivity index (χ1) is 8.79. The molecule has 104 valence electrons. The van der Waals surface area contributed by atoms with Crippen molar-refractivity contribution in [2.75, 3.05) is 13.1 Å². The quantitative estimate of drug-likeness (QED) is 0.905. The van der Waals surface area contributed by atoms with Gasteiger partial charge in [-0.3, -0.25) is 9.69 Å². The fourth-order valence-corrected chi connectivity index (χ4v) is 2.78. The smallest absolute Gasteiger partial charge is 0.308 e. The van der Waals surface area contributed by atoms with Crippen LogP contribution in [0.2, 0.25) is 5.02 Å². The average Bonchev–Trinajstić information content (AvgIpc) is 2.74. The van der Waals surface area contributed by atoms with E-state index >= 15 is 0 Å². The van der Waals surface area contributed by atoms with E-state index in [0.29, 0.717) is 11.6 Å². The lowest BCUT2D eigenvalue weighted by atomic mass is 9.89. The molecule has 0 saturated carbocycles. The van der Waals surface area contributed by atoms with Gasteiger partial charge in [-0.25, -0.2) is 0 Å². The maximum atomic E-state index is 11.5. The maximum absolute atomic E-state index is 11.5. The second-order valence-corrected chi connectivity index (χ2v) is 6.62. The highest BCUT2D eigenvalue weighted by molar-refractivity contribution is 6.30. The Morgan fingerprint density at radius 1 is 1.26 bits per heavy atom. The number of nitrogens with zero attached hydrogens (tertiary/aromatic N) is 1. The van der Waals surface area contributed by atoms with Crippen molar-refractivity contribution >= 4 is 17.6 Å². The third kappa shape index (κ3) is 3.10. The second kappa shape index (κ2) is 5.14. The van der Waals surface area contributed by atoms with Crippen LogP contribution in [-0.4, -0.2) is 34.6 Å². The normalized spacial score (nSPS) is 24.6. The van der Waals surface area contributed by atoms with E-state index in [1.54, 1.807) is 0 Å². The minimum atomic E-state index is -0.716. The van der Waals surface area contributed by atoms with Crippen molar-refractivity contribution in [3.05, 3.63) is 34.9 Å². The van der Waals surface area contributed by atoms with Gasteiger partial charge in [-0.15, -0.1) is 0 Å². The summed E-state index contributed by atoms with van der Waals surface area (Å²) in [6.45, 7) is 7.75. The Bertz CT molecular complexity index is 464. The summed E-state index contributed by atoms with van der Waals surface area (Å²) >= 11 is 5.89. The van der Waals surface area contributed by atoms with Gasteiger partial charge in [-0.1, -0.05) is 23.7 Å². The van der Waals surface area contributed by atoms with Crippen molar-refractivity contribution in [2.24, 2.45) is 5.92 Å². The van der Waals surface area contributed by atoms with Crippen LogP contribution in [0.3, 0.4) is 0 Å². The van der Waals surface area contributed by atoms with Gasteiger partial charge in [-0.2, -0.15) is 0 Å². The van der Waals surface area contributed by atoms with Gasteiger partial charge in [0, 0.05) is 29.6 Å². The molecule has 1 N–H and O–H groups in total. The highest BCUT2D eigenvalue weighted by atomic mass is 35.5. The van der Waals surface area contributed by atoms with Gasteiger partial charge in [0.05, 0.1) is 5.92 Å². The minimum Gasteiger partial charge on any atom is -0.481 e. The van der Waals surface area contributed by atoms with E-state index in [1.165, 1.54) is 0 Å². The molecule has 2 rings (SSSR count). The topological polar surface area (TPSA) is 40.5 Å². The number of carboxylic acids is 1. The zero-order valence-corrected chi connectivity index (χ0v) is 12.3. The van der Waals surface area contributed by atoms with Crippen LogP contribution in [0.4, 0.5) is 0 Å². The van der Waals surface area contributed by atoms with Crippen LogP contribution < -0.4 is 0 Å². The first-order valence-corrected chi connectivity index (χ1v) is 6.90. The van der Waals surface area contributed by atoms with E-state index in [1.807, 2.05) is 24.3 Å². The van der Waals surface area contributed by atoms with Gasteiger partial charge in [0.2, 0.25) is 0 Å². The Labute approximate surface area is 119 Å². The van der Waals surface area contributed by atoms with Crippen LogP contribution in [0.1, 0.15) is 32.3 Å². The maximum Gasteiger partial charge on any atom is 0.308 e. The number of aliphatic carboxylic acids is 1. The number of halogens is 1. The molecule has 1 heterocycles.